The highest BCUT2D eigenvalue weighted by molar-refractivity contribution is 5.99. The van der Waals surface area contributed by atoms with Crippen molar-refractivity contribution in [2.45, 2.75) is 38.0 Å². The van der Waals surface area contributed by atoms with Gasteiger partial charge in [-0.25, -0.2) is 4.39 Å². The molecule has 1 saturated carbocycles. The van der Waals surface area contributed by atoms with Crippen LogP contribution in [-0.2, 0) is 4.79 Å². The summed E-state index contributed by atoms with van der Waals surface area (Å²) in [5, 5.41) is 2.61. The molecule has 5 heteroatoms. The van der Waals surface area contributed by atoms with E-state index in [2.05, 4.69) is 5.32 Å². The Hall–Kier alpha value is -3.21. The molecule has 0 heterocycles. The summed E-state index contributed by atoms with van der Waals surface area (Å²) >= 11 is 0. The van der Waals surface area contributed by atoms with Gasteiger partial charge in [-0.2, -0.15) is 0 Å². The fourth-order valence-electron chi connectivity index (χ4n) is 3.68. The van der Waals surface area contributed by atoms with Crippen molar-refractivity contribution in [3.63, 3.8) is 0 Å². The van der Waals surface area contributed by atoms with Crippen LogP contribution in [0.3, 0.4) is 0 Å². The molecule has 0 bridgehead atoms. The summed E-state index contributed by atoms with van der Waals surface area (Å²) in [6.07, 6.45) is 9.53. The Labute approximate surface area is 170 Å². The van der Waals surface area contributed by atoms with Gasteiger partial charge in [-0.3, -0.25) is 9.59 Å². The summed E-state index contributed by atoms with van der Waals surface area (Å²) in [6, 6.07) is 13.3. The first-order valence-electron chi connectivity index (χ1n) is 9.86. The Bertz CT molecular complexity index is 909. The van der Waals surface area contributed by atoms with Crippen LogP contribution in [0.4, 0.5) is 4.39 Å². The smallest absolute Gasteiger partial charge is 0.255 e. The Kier molecular flexibility index (Phi) is 6.95. The predicted octanol–water partition coefficient (Wildman–Crippen LogP) is 4.69. The SMILES string of the molecule is N/C=C(\C=C(/C=O)NC(=O)c1ccc(C2CCCCC2)cc1)c1ccc(F)cc1. The number of rotatable bonds is 6. The van der Waals surface area contributed by atoms with Gasteiger partial charge in [-0.05, 0) is 65.8 Å². The van der Waals surface area contributed by atoms with Crippen molar-refractivity contribution < 1.29 is 14.0 Å². The lowest BCUT2D eigenvalue weighted by molar-refractivity contribution is -0.105. The van der Waals surface area contributed by atoms with Gasteiger partial charge in [0.15, 0.2) is 6.29 Å². The van der Waals surface area contributed by atoms with Crippen LogP contribution in [0.5, 0.6) is 0 Å². The van der Waals surface area contributed by atoms with E-state index < -0.39 is 0 Å². The molecular weight excluding hydrogens is 367 g/mol. The Morgan fingerprint density at radius 2 is 1.59 bits per heavy atom. The number of hydrogen-bond donors (Lipinski definition) is 2. The molecule has 4 nitrogen and oxygen atoms in total. The normalized spacial score (nSPS) is 15.8. The third kappa shape index (κ3) is 5.41. The highest BCUT2D eigenvalue weighted by Crippen LogP contribution is 2.32. The van der Waals surface area contributed by atoms with E-state index in [0.717, 1.165) is 0 Å². The van der Waals surface area contributed by atoms with Gasteiger partial charge in [-0.1, -0.05) is 43.5 Å². The quantitative estimate of drug-likeness (QED) is 0.426. The summed E-state index contributed by atoms with van der Waals surface area (Å²) in [7, 11) is 0. The van der Waals surface area contributed by atoms with Gasteiger partial charge in [-0.15, -0.1) is 0 Å². The Morgan fingerprint density at radius 1 is 0.966 bits per heavy atom. The summed E-state index contributed by atoms with van der Waals surface area (Å²) < 4.78 is 13.1. The lowest BCUT2D eigenvalue weighted by atomic mass is 9.84. The molecule has 1 amide bonds. The number of allylic oxidation sites excluding steroid dienone is 3. The van der Waals surface area contributed by atoms with Crippen LogP contribution in [-0.4, -0.2) is 12.2 Å². The molecule has 0 spiro atoms. The van der Waals surface area contributed by atoms with Crippen LogP contribution in [0.1, 0.15) is 59.5 Å². The Balaban J connectivity index is 1.70. The van der Waals surface area contributed by atoms with Crippen LogP contribution in [0.2, 0.25) is 0 Å². The number of nitrogens with one attached hydrogen (secondary N) is 1. The van der Waals surface area contributed by atoms with Gasteiger partial charge < -0.3 is 11.1 Å². The van der Waals surface area contributed by atoms with Gasteiger partial charge in [0.05, 0.1) is 5.70 Å². The minimum absolute atomic E-state index is 0.0763. The molecule has 1 aliphatic rings. The summed E-state index contributed by atoms with van der Waals surface area (Å²) in [5.74, 6) is -0.164. The molecule has 3 rings (SSSR count). The zero-order valence-electron chi connectivity index (χ0n) is 16.2. The minimum atomic E-state index is -0.367. The summed E-state index contributed by atoms with van der Waals surface area (Å²) in [4.78, 5) is 24.0. The van der Waals surface area contributed by atoms with Gasteiger partial charge in [0.1, 0.15) is 5.82 Å². The first kappa shape index (κ1) is 20.5. The number of aldehydes is 1. The number of hydrogen-bond acceptors (Lipinski definition) is 3. The number of carbonyl (C=O) groups is 2. The maximum Gasteiger partial charge on any atom is 0.255 e. The molecule has 0 saturated heterocycles. The monoisotopic (exact) mass is 392 g/mol. The zero-order chi connectivity index (χ0) is 20.6. The molecule has 0 aliphatic heterocycles. The molecule has 0 radical (unpaired) electrons. The van der Waals surface area contributed by atoms with Gasteiger partial charge >= 0.3 is 0 Å². The van der Waals surface area contributed by atoms with Crippen LogP contribution < -0.4 is 11.1 Å². The third-order valence-electron chi connectivity index (χ3n) is 5.30. The van der Waals surface area contributed by atoms with E-state index in [1.165, 1.54) is 62.1 Å². The highest BCUT2D eigenvalue weighted by atomic mass is 19.1. The van der Waals surface area contributed by atoms with Gasteiger partial charge in [0.2, 0.25) is 0 Å². The minimum Gasteiger partial charge on any atom is -0.404 e. The van der Waals surface area contributed by atoms with Crippen molar-refractivity contribution in [2.75, 3.05) is 0 Å². The second-order valence-electron chi connectivity index (χ2n) is 7.26. The maximum atomic E-state index is 13.1. The summed E-state index contributed by atoms with van der Waals surface area (Å²) in [5.41, 5.74) is 8.61. The van der Waals surface area contributed by atoms with E-state index in [9.17, 15) is 14.0 Å². The maximum absolute atomic E-state index is 13.1. The molecule has 2 aromatic carbocycles. The third-order valence-corrected chi connectivity index (χ3v) is 5.30. The van der Waals surface area contributed by atoms with Crippen LogP contribution in [0.25, 0.3) is 5.57 Å². The van der Waals surface area contributed by atoms with E-state index in [4.69, 9.17) is 5.73 Å². The second kappa shape index (κ2) is 9.82. The van der Waals surface area contributed by atoms with Crippen molar-refractivity contribution in [3.05, 3.63) is 89.0 Å². The average molecular weight is 392 g/mol. The molecule has 0 unspecified atom stereocenters. The number of nitrogens with two attached hydrogens (primary N) is 1. The first-order valence-corrected chi connectivity index (χ1v) is 9.86. The molecule has 2 aromatic rings. The largest absolute Gasteiger partial charge is 0.404 e. The molecule has 3 N–H and O–H groups in total. The van der Waals surface area contributed by atoms with E-state index in [0.29, 0.717) is 28.9 Å². The van der Waals surface area contributed by atoms with E-state index >= 15 is 0 Å². The topological polar surface area (TPSA) is 72.2 Å². The molecule has 150 valence electrons. The second-order valence-corrected chi connectivity index (χ2v) is 7.26. The molecular formula is C24H25FN2O2. The zero-order valence-corrected chi connectivity index (χ0v) is 16.2. The first-order chi connectivity index (χ1) is 14.1. The number of amides is 1. The molecule has 0 aromatic heterocycles. The van der Waals surface area contributed by atoms with Crippen LogP contribution in [0, 0.1) is 5.82 Å². The van der Waals surface area contributed by atoms with Crippen molar-refractivity contribution in [2.24, 2.45) is 5.73 Å². The van der Waals surface area contributed by atoms with Crippen molar-refractivity contribution in [1.82, 2.24) is 5.32 Å². The Morgan fingerprint density at radius 3 is 2.17 bits per heavy atom. The van der Waals surface area contributed by atoms with Crippen molar-refractivity contribution in [1.29, 1.82) is 0 Å². The molecule has 1 aliphatic carbocycles. The number of halogens is 1. The summed E-state index contributed by atoms with van der Waals surface area (Å²) in [6.45, 7) is 0. The number of carbonyl (C=O) groups excluding carboxylic acids is 2. The van der Waals surface area contributed by atoms with Crippen LogP contribution >= 0.6 is 0 Å². The van der Waals surface area contributed by atoms with Crippen molar-refractivity contribution in [3.8, 4) is 0 Å². The van der Waals surface area contributed by atoms with Gasteiger partial charge in [0.25, 0.3) is 5.91 Å². The van der Waals surface area contributed by atoms with E-state index in [1.54, 1.807) is 24.3 Å². The van der Waals surface area contributed by atoms with Gasteiger partial charge in [0, 0.05) is 11.8 Å². The molecule has 29 heavy (non-hydrogen) atoms. The fourth-order valence-corrected chi connectivity index (χ4v) is 3.68. The molecule has 0 atom stereocenters. The highest BCUT2D eigenvalue weighted by Gasteiger charge is 2.16. The fraction of sp³-hybridized carbons (Fsp3) is 0.250. The van der Waals surface area contributed by atoms with Crippen molar-refractivity contribution >= 4 is 17.8 Å². The standard InChI is InChI=1S/C24H25FN2O2/c25-22-12-10-19(11-13-22)21(15-26)14-23(16-28)27-24(29)20-8-6-18(7-9-20)17-4-2-1-3-5-17/h6-17H,1-5,26H2,(H,27,29)/b21-15+,23-14+. The molecule has 1 fully saturated rings. The lowest BCUT2D eigenvalue weighted by Gasteiger charge is -2.22. The average Bonchev–Trinajstić information content (AvgIpc) is 2.78. The number of benzene rings is 2. The van der Waals surface area contributed by atoms with E-state index in [1.807, 2.05) is 12.1 Å². The lowest BCUT2D eigenvalue weighted by Crippen LogP contribution is -2.23. The predicted molar refractivity (Wildman–Crippen MR) is 112 cm³/mol. The van der Waals surface area contributed by atoms with Crippen LogP contribution in [0.15, 0.2) is 66.5 Å². The van der Waals surface area contributed by atoms with E-state index in [-0.39, 0.29) is 17.4 Å².